The molecule has 2 heterocycles. The molecule has 0 bridgehead atoms. The Bertz CT molecular complexity index is 1140. The molecule has 0 saturated carbocycles. The number of amides is 1. The smallest absolute Gasteiger partial charge is 0.357 e. The quantitative estimate of drug-likeness (QED) is 0.468. The zero-order valence-corrected chi connectivity index (χ0v) is 17.1. The molecule has 1 N–H and O–H groups in total. The van der Waals surface area contributed by atoms with Gasteiger partial charge in [0, 0.05) is 18.3 Å². The molecule has 0 aliphatic carbocycles. The molecule has 150 valence electrons. The number of benzene rings is 2. The highest BCUT2D eigenvalue weighted by Crippen LogP contribution is 2.24. The molecule has 0 aliphatic heterocycles. The van der Waals surface area contributed by atoms with Gasteiger partial charge in [-0.1, -0.05) is 30.3 Å². The first-order valence-corrected chi connectivity index (χ1v) is 10.3. The summed E-state index contributed by atoms with van der Waals surface area (Å²) < 4.78 is 6.35. The minimum absolute atomic E-state index is 0.163. The predicted molar refractivity (Wildman–Crippen MR) is 117 cm³/mol. The summed E-state index contributed by atoms with van der Waals surface area (Å²) in [6.07, 6.45) is 1.28. The van der Waals surface area contributed by atoms with Gasteiger partial charge in [0.2, 0.25) is 0 Å². The monoisotopic (exact) mass is 417 g/mol. The minimum atomic E-state index is -0.943. The van der Waals surface area contributed by atoms with E-state index >= 15 is 0 Å². The summed E-state index contributed by atoms with van der Waals surface area (Å²) in [5, 5.41) is 3.81. The lowest BCUT2D eigenvalue weighted by Crippen LogP contribution is -2.30. The number of carbonyl (C=O) groups is 2. The molecule has 0 spiro atoms. The molecule has 2 aromatic carbocycles. The highest BCUT2D eigenvalue weighted by atomic mass is 32.1. The fourth-order valence-corrected chi connectivity index (χ4v) is 3.88. The van der Waals surface area contributed by atoms with E-state index in [-0.39, 0.29) is 5.69 Å². The number of nitrogens with one attached hydrogen (secondary N) is 1. The van der Waals surface area contributed by atoms with Gasteiger partial charge in [0.25, 0.3) is 5.91 Å². The largest absolute Gasteiger partial charge is 0.448 e. The molecular formula is C23H19N3O3S. The number of anilines is 1. The van der Waals surface area contributed by atoms with Crippen LogP contribution in [0, 0.1) is 0 Å². The number of fused-ring (bicyclic) bond motifs is 1. The molecule has 0 aliphatic rings. The number of para-hydroxylation sites is 1. The first-order valence-electron chi connectivity index (χ1n) is 9.45. The predicted octanol–water partition coefficient (Wildman–Crippen LogP) is 4.47. The van der Waals surface area contributed by atoms with Crippen LogP contribution in [0.25, 0.3) is 10.2 Å². The van der Waals surface area contributed by atoms with E-state index in [9.17, 15) is 9.59 Å². The van der Waals surface area contributed by atoms with E-state index in [0.717, 1.165) is 22.5 Å². The highest BCUT2D eigenvalue weighted by molar-refractivity contribution is 7.18. The lowest BCUT2D eigenvalue weighted by molar-refractivity contribution is -0.123. The third kappa shape index (κ3) is 4.69. The van der Waals surface area contributed by atoms with Crippen LogP contribution in [0.3, 0.4) is 0 Å². The fraction of sp³-hybridized carbons (Fsp3) is 0.130. The Hall–Kier alpha value is -3.58. The second-order valence-corrected chi connectivity index (χ2v) is 7.82. The van der Waals surface area contributed by atoms with Crippen molar-refractivity contribution < 1.29 is 14.3 Å². The second kappa shape index (κ2) is 8.84. The fourth-order valence-electron chi connectivity index (χ4n) is 2.88. The van der Waals surface area contributed by atoms with Crippen LogP contribution in [0.1, 0.15) is 28.0 Å². The first-order chi connectivity index (χ1) is 14.6. The van der Waals surface area contributed by atoms with Crippen LogP contribution in [0.5, 0.6) is 0 Å². The van der Waals surface area contributed by atoms with Crippen LogP contribution in [0.15, 0.2) is 72.9 Å². The molecule has 1 atom stereocenters. The number of hydrogen-bond donors (Lipinski definition) is 1. The molecule has 7 heteroatoms. The molecule has 1 amide bonds. The van der Waals surface area contributed by atoms with Gasteiger partial charge in [0.05, 0.1) is 15.2 Å². The second-order valence-electron chi connectivity index (χ2n) is 6.70. The van der Waals surface area contributed by atoms with Gasteiger partial charge in [-0.2, -0.15) is 0 Å². The Balaban J connectivity index is 1.34. The van der Waals surface area contributed by atoms with E-state index in [1.165, 1.54) is 23.9 Å². The lowest BCUT2D eigenvalue weighted by Gasteiger charge is -2.13. The number of ether oxygens (including phenoxy) is 1. The van der Waals surface area contributed by atoms with Gasteiger partial charge in [-0.3, -0.25) is 4.79 Å². The van der Waals surface area contributed by atoms with E-state index in [1.807, 2.05) is 42.5 Å². The van der Waals surface area contributed by atoms with Gasteiger partial charge in [0.1, 0.15) is 5.69 Å². The molecule has 4 aromatic rings. The summed E-state index contributed by atoms with van der Waals surface area (Å²) in [4.78, 5) is 32.9. The van der Waals surface area contributed by atoms with Crippen molar-refractivity contribution in [3.8, 4) is 0 Å². The number of hydrogen-bond acceptors (Lipinski definition) is 6. The summed E-state index contributed by atoms with van der Waals surface area (Å²) in [5.74, 6) is -1.04. The molecule has 0 fully saturated rings. The van der Waals surface area contributed by atoms with E-state index in [4.69, 9.17) is 4.74 Å². The van der Waals surface area contributed by atoms with Crippen molar-refractivity contribution in [1.82, 2.24) is 9.97 Å². The Kier molecular flexibility index (Phi) is 5.81. The molecule has 0 unspecified atom stereocenters. The van der Waals surface area contributed by atoms with Crippen molar-refractivity contribution in [3.05, 3.63) is 89.2 Å². The number of esters is 1. The van der Waals surface area contributed by atoms with Crippen LogP contribution in [-0.2, 0) is 16.0 Å². The van der Waals surface area contributed by atoms with Crippen LogP contribution in [0.2, 0.25) is 0 Å². The van der Waals surface area contributed by atoms with E-state index in [2.05, 4.69) is 21.4 Å². The molecular weight excluding hydrogens is 398 g/mol. The maximum Gasteiger partial charge on any atom is 0.357 e. The van der Waals surface area contributed by atoms with Crippen molar-refractivity contribution in [3.63, 3.8) is 0 Å². The van der Waals surface area contributed by atoms with Gasteiger partial charge in [0.15, 0.2) is 6.10 Å². The highest BCUT2D eigenvalue weighted by Gasteiger charge is 2.19. The Morgan fingerprint density at radius 1 is 1.03 bits per heavy atom. The normalized spacial score (nSPS) is 11.8. The zero-order chi connectivity index (χ0) is 20.9. The van der Waals surface area contributed by atoms with E-state index in [0.29, 0.717) is 5.69 Å². The number of thiazole rings is 1. The average Bonchev–Trinajstić information content (AvgIpc) is 3.18. The number of aromatic nitrogens is 2. The van der Waals surface area contributed by atoms with Gasteiger partial charge >= 0.3 is 5.97 Å². The van der Waals surface area contributed by atoms with Crippen molar-refractivity contribution in [1.29, 1.82) is 0 Å². The number of nitrogens with zero attached hydrogens (tertiary/aromatic N) is 2. The van der Waals surface area contributed by atoms with Crippen LogP contribution in [-0.4, -0.2) is 27.9 Å². The number of carbonyl (C=O) groups excluding carboxylic acids is 2. The summed E-state index contributed by atoms with van der Waals surface area (Å²) in [6, 6.07) is 20.6. The summed E-state index contributed by atoms with van der Waals surface area (Å²) >= 11 is 1.68. The van der Waals surface area contributed by atoms with Crippen molar-refractivity contribution >= 4 is 39.1 Å². The Morgan fingerprint density at radius 3 is 2.53 bits per heavy atom. The van der Waals surface area contributed by atoms with Gasteiger partial charge in [-0.15, -0.1) is 11.3 Å². The third-order valence-corrected chi connectivity index (χ3v) is 5.48. The number of rotatable bonds is 6. The topological polar surface area (TPSA) is 81.2 Å². The van der Waals surface area contributed by atoms with Gasteiger partial charge in [-0.05, 0) is 48.9 Å². The van der Waals surface area contributed by atoms with Crippen LogP contribution < -0.4 is 5.32 Å². The van der Waals surface area contributed by atoms with Crippen molar-refractivity contribution in [2.24, 2.45) is 0 Å². The molecule has 0 saturated heterocycles. The lowest BCUT2D eigenvalue weighted by atomic mass is 10.1. The SMILES string of the molecule is C[C@@H](OC(=O)c1ccccn1)C(=O)Nc1ccc(Cc2nc3ccccc3s2)cc1. The average molecular weight is 417 g/mol. The molecule has 6 nitrogen and oxygen atoms in total. The third-order valence-electron chi connectivity index (χ3n) is 4.44. The van der Waals surface area contributed by atoms with Gasteiger partial charge in [-0.25, -0.2) is 14.8 Å². The van der Waals surface area contributed by atoms with E-state index in [1.54, 1.807) is 23.5 Å². The summed E-state index contributed by atoms with van der Waals surface area (Å²) in [7, 11) is 0. The summed E-state index contributed by atoms with van der Waals surface area (Å²) in [6.45, 7) is 1.53. The zero-order valence-electron chi connectivity index (χ0n) is 16.2. The van der Waals surface area contributed by atoms with Crippen molar-refractivity contribution in [2.75, 3.05) is 5.32 Å². The first kappa shape index (κ1) is 19.7. The maximum atomic E-state index is 12.3. The molecule has 0 radical (unpaired) electrons. The summed E-state index contributed by atoms with van der Waals surface area (Å²) in [5.41, 5.74) is 2.91. The maximum absolute atomic E-state index is 12.3. The van der Waals surface area contributed by atoms with Crippen LogP contribution in [0.4, 0.5) is 5.69 Å². The molecule has 30 heavy (non-hydrogen) atoms. The van der Waals surface area contributed by atoms with Gasteiger partial charge < -0.3 is 10.1 Å². The minimum Gasteiger partial charge on any atom is -0.448 e. The van der Waals surface area contributed by atoms with E-state index < -0.39 is 18.0 Å². The van der Waals surface area contributed by atoms with Crippen molar-refractivity contribution in [2.45, 2.75) is 19.4 Å². The standard InChI is InChI=1S/C23H19N3O3S/c1-15(29-23(28)19-7-4-5-13-24-19)22(27)25-17-11-9-16(10-12-17)14-21-26-18-6-2-3-8-20(18)30-21/h2-13,15H,14H2,1H3,(H,25,27)/t15-/m1/s1. The number of pyridine rings is 1. The Labute approximate surface area is 177 Å². The van der Waals surface area contributed by atoms with Crippen LogP contribution >= 0.6 is 11.3 Å². The molecule has 2 aromatic heterocycles. The Morgan fingerprint density at radius 2 is 1.80 bits per heavy atom. The molecule has 4 rings (SSSR count).